The van der Waals surface area contributed by atoms with Crippen LogP contribution in [0.25, 0.3) is 0 Å². The molecule has 0 radical (unpaired) electrons. The highest BCUT2D eigenvalue weighted by Crippen LogP contribution is 2.43. The van der Waals surface area contributed by atoms with E-state index in [1.165, 1.54) is 5.56 Å². The summed E-state index contributed by atoms with van der Waals surface area (Å²) >= 11 is 5.93. The number of nitrogens with zero attached hydrogens (tertiary/aromatic N) is 1. The smallest absolute Gasteiger partial charge is 0.0951 e. The Kier molecular flexibility index (Phi) is 3.53. The van der Waals surface area contributed by atoms with Crippen molar-refractivity contribution in [1.29, 1.82) is 0 Å². The van der Waals surface area contributed by atoms with E-state index in [2.05, 4.69) is 11.1 Å². The first-order chi connectivity index (χ1) is 9.59. The summed E-state index contributed by atoms with van der Waals surface area (Å²) in [5.74, 6) is 0.0358. The number of pyridine rings is 1. The van der Waals surface area contributed by atoms with Gasteiger partial charge in [0.25, 0.3) is 0 Å². The minimum Gasteiger partial charge on any atom is -0.385 e. The zero-order valence-electron chi connectivity index (χ0n) is 11.5. The van der Waals surface area contributed by atoms with E-state index in [9.17, 15) is 5.11 Å². The molecule has 1 N–H and O–H groups in total. The van der Waals surface area contributed by atoms with Crippen LogP contribution in [0.4, 0.5) is 0 Å². The van der Waals surface area contributed by atoms with Gasteiger partial charge in [0.05, 0.1) is 5.60 Å². The van der Waals surface area contributed by atoms with Crippen LogP contribution < -0.4 is 0 Å². The van der Waals surface area contributed by atoms with Crippen LogP contribution in [0.2, 0.25) is 5.02 Å². The third-order valence-electron chi connectivity index (χ3n) is 4.30. The molecule has 2 unspecified atom stereocenters. The lowest BCUT2D eigenvalue weighted by Crippen LogP contribution is -2.33. The maximum Gasteiger partial charge on any atom is 0.0951 e. The van der Waals surface area contributed by atoms with Crippen LogP contribution in [0.5, 0.6) is 0 Å². The number of hydrogen-bond acceptors (Lipinski definition) is 2. The molecule has 2 atom stereocenters. The Hall–Kier alpha value is -1.38. The van der Waals surface area contributed by atoms with Crippen LogP contribution in [0.1, 0.15) is 42.5 Å². The summed E-state index contributed by atoms with van der Waals surface area (Å²) < 4.78 is 0. The van der Waals surface area contributed by atoms with Crippen molar-refractivity contribution in [3.63, 3.8) is 0 Å². The van der Waals surface area contributed by atoms with E-state index in [1.54, 1.807) is 0 Å². The molecule has 0 aliphatic heterocycles. The highest BCUT2D eigenvalue weighted by molar-refractivity contribution is 6.30. The number of aliphatic hydroxyl groups is 1. The predicted octanol–water partition coefficient (Wildman–Crippen LogP) is 4.06. The maximum atomic E-state index is 11.1. The molecule has 3 rings (SSSR count). The Labute approximate surface area is 124 Å². The lowest BCUT2D eigenvalue weighted by atomic mass is 9.73. The molecule has 2 nitrogen and oxygen atoms in total. The molecule has 0 spiro atoms. The molecule has 0 bridgehead atoms. The van der Waals surface area contributed by atoms with E-state index in [4.69, 9.17) is 11.6 Å². The summed E-state index contributed by atoms with van der Waals surface area (Å²) in [5.41, 5.74) is 2.27. The van der Waals surface area contributed by atoms with E-state index in [0.29, 0.717) is 5.02 Å². The summed E-state index contributed by atoms with van der Waals surface area (Å²) in [6, 6.07) is 11.5. The third-order valence-corrected chi connectivity index (χ3v) is 4.55. The van der Waals surface area contributed by atoms with Crippen LogP contribution in [0.3, 0.4) is 0 Å². The fraction of sp³-hybridized carbons (Fsp3) is 0.353. The number of halogens is 1. The molecule has 1 aromatic carbocycles. The van der Waals surface area contributed by atoms with E-state index < -0.39 is 5.60 Å². The van der Waals surface area contributed by atoms with E-state index >= 15 is 0 Å². The van der Waals surface area contributed by atoms with Crippen molar-refractivity contribution in [2.75, 3.05) is 0 Å². The summed E-state index contributed by atoms with van der Waals surface area (Å²) in [6.45, 7) is 1.88. The largest absolute Gasteiger partial charge is 0.385 e. The summed E-state index contributed by atoms with van der Waals surface area (Å²) in [5, 5.41) is 11.8. The number of benzene rings is 1. The molecule has 0 fully saturated rings. The van der Waals surface area contributed by atoms with Crippen molar-refractivity contribution in [1.82, 2.24) is 4.98 Å². The van der Waals surface area contributed by atoms with Crippen molar-refractivity contribution in [2.24, 2.45) is 0 Å². The Balaban J connectivity index is 2.02. The summed E-state index contributed by atoms with van der Waals surface area (Å²) in [6.07, 6.45) is 4.91. The third kappa shape index (κ3) is 2.34. The summed E-state index contributed by atoms with van der Waals surface area (Å²) in [4.78, 5) is 4.52. The Bertz CT molecular complexity index is 607. The quantitative estimate of drug-likeness (QED) is 0.903. The molecule has 1 aliphatic rings. The number of rotatable bonds is 2. The topological polar surface area (TPSA) is 33.1 Å². The van der Waals surface area contributed by atoms with Gasteiger partial charge in [0.1, 0.15) is 0 Å². The number of hydrogen-bond donors (Lipinski definition) is 1. The van der Waals surface area contributed by atoms with Gasteiger partial charge in [0.2, 0.25) is 0 Å². The van der Waals surface area contributed by atoms with Crippen LogP contribution in [0.15, 0.2) is 42.6 Å². The lowest BCUT2D eigenvalue weighted by Gasteiger charge is -2.36. The van der Waals surface area contributed by atoms with Gasteiger partial charge >= 0.3 is 0 Å². The van der Waals surface area contributed by atoms with Crippen LogP contribution in [-0.4, -0.2) is 10.1 Å². The number of aryl methyl sites for hydroxylation is 1. The van der Waals surface area contributed by atoms with E-state index in [-0.39, 0.29) is 5.92 Å². The second-order valence-corrected chi connectivity index (χ2v) is 6.08. The van der Waals surface area contributed by atoms with Gasteiger partial charge in [-0.1, -0.05) is 29.8 Å². The van der Waals surface area contributed by atoms with Crippen LogP contribution in [0, 0.1) is 0 Å². The Morgan fingerprint density at radius 3 is 2.75 bits per heavy atom. The van der Waals surface area contributed by atoms with Crippen molar-refractivity contribution in [2.45, 2.75) is 37.7 Å². The molecule has 1 aliphatic carbocycles. The van der Waals surface area contributed by atoms with Gasteiger partial charge in [0, 0.05) is 22.8 Å². The van der Waals surface area contributed by atoms with Gasteiger partial charge in [-0.3, -0.25) is 4.98 Å². The van der Waals surface area contributed by atoms with Crippen molar-refractivity contribution < 1.29 is 5.11 Å². The molecular weight excluding hydrogens is 270 g/mol. The Morgan fingerprint density at radius 1 is 1.25 bits per heavy atom. The molecule has 3 heteroatoms. The lowest BCUT2D eigenvalue weighted by molar-refractivity contribution is 0.0189. The highest BCUT2D eigenvalue weighted by Gasteiger charge is 2.38. The predicted molar refractivity (Wildman–Crippen MR) is 80.9 cm³/mol. The van der Waals surface area contributed by atoms with Gasteiger partial charge in [-0.25, -0.2) is 0 Å². The first-order valence-corrected chi connectivity index (χ1v) is 7.39. The fourth-order valence-electron chi connectivity index (χ4n) is 3.15. The van der Waals surface area contributed by atoms with Crippen molar-refractivity contribution in [3.8, 4) is 0 Å². The standard InChI is InChI=1S/C17H18ClNO/c1-17(20,13-7-9-14(18)10-8-13)15-6-2-4-12-5-3-11-19-16(12)15/h3,5,7-11,15,20H,2,4,6H2,1H3. The number of fused-ring (bicyclic) bond motifs is 1. The van der Waals surface area contributed by atoms with Crippen molar-refractivity contribution >= 4 is 11.6 Å². The average molecular weight is 288 g/mol. The molecule has 0 saturated carbocycles. The maximum absolute atomic E-state index is 11.1. The monoisotopic (exact) mass is 287 g/mol. The van der Waals surface area contributed by atoms with E-state index in [1.807, 2.05) is 43.5 Å². The number of aromatic nitrogens is 1. The second kappa shape index (κ2) is 5.19. The highest BCUT2D eigenvalue weighted by atomic mass is 35.5. The fourth-order valence-corrected chi connectivity index (χ4v) is 3.27. The average Bonchev–Trinajstić information content (AvgIpc) is 2.47. The molecule has 0 saturated heterocycles. The van der Waals surface area contributed by atoms with Crippen LogP contribution >= 0.6 is 11.6 Å². The van der Waals surface area contributed by atoms with Gasteiger partial charge in [0.15, 0.2) is 0 Å². The molecule has 0 amide bonds. The first-order valence-electron chi connectivity index (χ1n) is 7.01. The molecule has 1 aromatic heterocycles. The molecule has 104 valence electrons. The normalized spacial score (nSPS) is 21.1. The summed E-state index contributed by atoms with van der Waals surface area (Å²) in [7, 11) is 0. The van der Waals surface area contributed by atoms with Crippen LogP contribution in [-0.2, 0) is 12.0 Å². The van der Waals surface area contributed by atoms with Crippen molar-refractivity contribution in [3.05, 3.63) is 64.4 Å². The first kappa shape index (κ1) is 13.6. The SMILES string of the molecule is CC(O)(c1ccc(Cl)cc1)C1CCCc2cccnc21. The molecule has 1 heterocycles. The van der Waals surface area contributed by atoms with Gasteiger partial charge in [-0.05, 0) is 55.5 Å². The van der Waals surface area contributed by atoms with Gasteiger partial charge in [-0.2, -0.15) is 0 Å². The minimum absolute atomic E-state index is 0.0358. The zero-order chi connectivity index (χ0) is 14.2. The molecular formula is C17H18ClNO. The van der Waals surface area contributed by atoms with Gasteiger partial charge in [-0.15, -0.1) is 0 Å². The zero-order valence-corrected chi connectivity index (χ0v) is 12.3. The minimum atomic E-state index is -0.923. The Morgan fingerprint density at radius 2 is 2.00 bits per heavy atom. The second-order valence-electron chi connectivity index (χ2n) is 5.65. The molecule has 2 aromatic rings. The van der Waals surface area contributed by atoms with Gasteiger partial charge < -0.3 is 5.11 Å². The molecule has 20 heavy (non-hydrogen) atoms. The van der Waals surface area contributed by atoms with E-state index in [0.717, 1.165) is 30.5 Å².